The monoisotopic (exact) mass is 240 g/mol. The van der Waals surface area contributed by atoms with Gasteiger partial charge in [-0.2, -0.15) is 0 Å². The highest BCUT2D eigenvalue weighted by Crippen LogP contribution is 2.29. The quantitative estimate of drug-likeness (QED) is 0.719. The van der Waals surface area contributed by atoms with Crippen molar-refractivity contribution in [3.05, 3.63) is 29.3 Å². The van der Waals surface area contributed by atoms with Crippen LogP contribution in [-0.4, -0.2) is 31.6 Å². The van der Waals surface area contributed by atoms with Gasteiger partial charge < -0.3 is 5.73 Å². The number of rotatable bonds is 1. The first-order valence-electron chi connectivity index (χ1n) is 4.33. The van der Waals surface area contributed by atoms with Crippen molar-refractivity contribution in [3.8, 4) is 0 Å². The molecule has 84 valence electrons. The van der Waals surface area contributed by atoms with Gasteiger partial charge in [0.2, 0.25) is 5.91 Å². The van der Waals surface area contributed by atoms with Gasteiger partial charge in [0.15, 0.2) is 0 Å². The molecule has 0 aliphatic carbocycles. The third kappa shape index (κ3) is 1.21. The molecule has 0 unspecified atom stereocenters. The Hall–Kier alpha value is -1.89. The molecule has 1 aliphatic heterocycles. The Bertz CT molecular complexity index is 606. The van der Waals surface area contributed by atoms with E-state index in [-0.39, 0.29) is 16.0 Å². The summed E-state index contributed by atoms with van der Waals surface area (Å²) in [6.45, 7) is 0. The average molecular weight is 240 g/mol. The molecule has 6 nitrogen and oxygen atoms in total. The molecular weight excluding hydrogens is 232 g/mol. The van der Waals surface area contributed by atoms with Crippen molar-refractivity contribution in [2.24, 2.45) is 5.73 Å². The predicted molar refractivity (Wildman–Crippen MR) is 54.2 cm³/mol. The minimum Gasteiger partial charge on any atom is -0.366 e. The van der Waals surface area contributed by atoms with Crippen LogP contribution in [0.4, 0.5) is 0 Å². The van der Waals surface area contributed by atoms with Crippen LogP contribution >= 0.6 is 0 Å². The number of carbonyl (C=O) groups excluding carboxylic acids is 2. The lowest BCUT2D eigenvalue weighted by molar-refractivity contribution is 0.0890. The second kappa shape index (κ2) is 3.05. The van der Waals surface area contributed by atoms with E-state index in [1.165, 1.54) is 19.2 Å². The van der Waals surface area contributed by atoms with Crippen LogP contribution in [0.15, 0.2) is 23.1 Å². The molecule has 0 saturated carbocycles. The summed E-state index contributed by atoms with van der Waals surface area (Å²) < 4.78 is 24.1. The molecule has 1 heterocycles. The third-order valence-corrected chi connectivity index (χ3v) is 4.20. The van der Waals surface area contributed by atoms with Crippen LogP contribution in [-0.2, 0) is 10.0 Å². The lowest BCUT2D eigenvalue weighted by atomic mass is 10.1. The second-order valence-corrected chi connectivity index (χ2v) is 5.29. The molecule has 1 aliphatic rings. The van der Waals surface area contributed by atoms with Gasteiger partial charge in [-0.15, -0.1) is 0 Å². The average Bonchev–Trinajstić information content (AvgIpc) is 2.40. The zero-order valence-corrected chi connectivity index (χ0v) is 9.11. The van der Waals surface area contributed by atoms with Gasteiger partial charge >= 0.3 is 0 Å². The van der Waals surface area contributed by atoms with E-state index >= 15 is 0 Å². The summed E-state index contributed by atoms with van der Waals surface area (Å²) in [6.07, 6.45) is 0. The van der Waals surface area contributed by atoms with E-state index in [0.717, 1.165) is 6.07 Å². The number of fused-ring (bicyclic) bond motifs is 1. The summed E-state index contributed by atoms with van der Waals surface area (Å²) in [4.78, 5) is 22.3. The summed E-state index contributed by atoms with van der Waals surface area (Å²) in [5.74, 6) is -1.34. The van der Waals surface area contributed by atoms with Crippen molar-refractivity contribution in [2.45, 2.75) is 4.90 Å². The number of hydrogen-bond acceptors (Lipinski definition) is 4. The number of nitrogens with zero attached hydrogens (tertiary/aromatic N) is 1. The van der Waals surface area contributed by atoms with Crippen LogP contribution in [0, 0.1) is 0 Å². The van der Waals surface area contributed by atoms with E-state index in [9.17, 15) is 18.0 Å². The van der Waals surface area contributed by atoms with Gasteiger partial charge in [-0.1, -0.05) is 0 Å². The van der Waals surface area contributed by atoms with Crippen LogP contribution in [0.25, 0.3) is 0 Å². The molecule has 0 saturated heterocycles. The maximum absolute atomic E-state index is 11.7. The molecule has 0 radical (unpaired) electrons. The topological polar surface area (TPSA) is 97.5 Å². The Morgan fingerprint density at radius 2 is 2.00 bits per heavy atom. The lowest BCUT2D eigenvalue weighted by Crippen LogP contribution is -2.24. The lowest BCUT2D eigenvalue weighted by Gasteiger charge is -2.05. The van der Waals surface area contributed by atoms with Crippen molar-refractivity contribution in [3.63, 3.8) is 0 Å². The van der Waals surface area contributed by atoms with Crippen LogP contribution < -0.4 is 5.73 Å². The number of amides is 2. The molecule has 0 atom stereocenters. The van der Waals surface area contributed by atoms with Crippen molar-refractivity contribution >= 4 is 21.8 Å². The van der Waals surface area contributed by atoms with Crippen LogP contribution in [0.1, 0.15) is 20.7 Å². The number of primary amides is 1. The van der Waals surface area contributed by atoms with Gasteiger partial charge in [-0.3, -0.25) is 9.59 Å². The number of sulfonamides is 1. The van der Waals surface area contributed by atoms with Gasteiger partial charge in [0.05, 0.1) is 5.56 Å². The van der Waals surface area contributed by atoms with Crippen LogP contribution in [0.5, 0.6) is 0 Å². The molecule has 0 spiro atoms. The summed E-state index contributed by atoms with van der Waals surface area (Å²) in [5, 5.41) is 0. The van der Waals surface area contributed by atoms with E-state index in [1.807, 2.05) is 0 Å². The molecule has 2 N–H and O–H groups in total. The van der Waals surface area contributed by atoms with E-state index < -0.39 is 21.8 Å². The highest BCUT2D eigenvalue weighted by Gasteiger charge is 2.38. The molecule has 0 fully saturated rings. The summed E-state index contributed by atoms with van der Waals surface area (Å²) in [7, 11) is -2.65. The first kappa shape index (κ1) is 10.6. The number of hydrogen-bond donors (Lipinski definition) is 1. The van der Waals surface area contributed by atoms with Gasteiger partial charge in [0.25, 0.3) is 15.9 Å². The first-order chi connectivity index (χ1) is 7.35. The van der Waals surface area contributed by atoms with Crippen LogP contribution in [0.3, 0.4) is 0 Å². The van der Waals surface area contributed by atoms with E-state index in [4.69, 9.17) is 5.73 Å². The minimum absolute atomic E-state index is 0.0606. The predicted octanol–water partition coefficient (Wildman–Crippen LogP) is -0.440. The maximum Gasteiger partial charge on any atom is 0.268 e. The third-order valence-electron chi connectivity index (χ3n) is 2.42. The van der Waals surface area contributed by atoms with E-state index in [2.05, 4.69) is 0 Å². The molecule has 16 heavy (non-hydrogen) atoms. The SMILES string of the molecule is CN1C(=O)c2ccc(C(N)=O)cc2S1(=O)=O. The molecule has 0 aromatic heterocycles. The summed E-state index contributed by atoms with van der Waals surface area (Å²) in [6, 6.07) is 3.74. The second-order valence-electron chi connectivity index (χ2n) is 3.35. The largest absolute Gasteiger partial charge is 0.366 e. The smallest absolute Gasteiger partial charge is 0.268 e. The zero-order valence-electron chi connectivity index (χ0n) is 8.30. The first-order valence-corrected chi connectivity index (χ1v) is 5.77. The van der Waals surface area contributed by atoms with Crippen molar-refractivity contribution in [2.75, 3.05) is 7.05 Å². The van der Waals surface area contributed by atoms with Crippen molar-refractivity contribution in [1.82, 2.24) is 4.31 Å². The fraction of sp³-hybridized carbons (Fsp3) is 0.111. The molecule has 0 bridgehead atoms. The highest BCUT2D eigenvalue weighted by molar-refractivity contribution is 7.90. The molecule has 1 aromatic rings. The van der Waals surface area contributed by atoms with Gasteiger partial charge in [0.1, 0.15) is 4.90 Å². The fourth-order valence-corrected chi connectivity index (χ4v) is 2.81. The highest BCUT2D eigenvalue weighted by atomic mass is 32.2. The zero-order chi connectivity index (χ0) is 12.1. The Kier molecular flexibility index (Phi) is 2.02. The molecule has 2 amide bonds. The summed E-state index contributed by atoms with van der Waals surface area (Å²) >= 11 is 0. The normalized spacial score (nSPS) is 17.3. The Labute approximate surface area is 91.7 Å². The fourth-order valence-electron chi connectivity index (χ4n) is 1.49. The van der Waals surface area contributed by atoms with Crippen molar-refractivity contribution < 1.29 is 18.0 Å². The number of benzene rings is 1. The minimum atomic E-state index is -3.81. The number of carbonyl (C=O) groups is 2. The Balaban J connectivity index is 2.75. The standard InChI is InChI=1S/C9H8N2O4S/c1-11-9(13)6-3-2-5(8(10)12)4-7(6)16(11,14)15/h2-4H,1H3,(H2,10,12). The van der Waals surface area contributed by atoms with Gasteiger partial charge in [0, 0.05) is 12.6 Å². The van der Waals surface area contributed by atoms with E-state index in [0.29, 0.717) is 4.31 Å². The maximum atomic E-state index is 11.7. The van der Waals surface area contributed by atoms with Gasteiger partial charge in [-0.05, 0) is 18.2 Å². The Morgan fingerprint density at radius 1 is 1.38 bits per heavy atom. The molecular formula is C9H8N2O4S. The Morgan fingerprint density at radius 3 is 2.56 bits per heavy atom. The van der Waals surface area contributed by atoms with Gasteiger partial charge in [-0.25, -0.2) is 12.7 Å². The molecule has 2 rings (SSSR count). The molecule has 1 aromatic carbocycles. The summed E-state index contributed by atoms with van der Waals surface area (Å²) in [5.41, 5.74) is 5.16. The van der Waals surface area contributed by atoms with Crippen molar-refractivity contribution in [1.29, 1.82) is 0 Å². The number of nitrogens with two attached hydrogens (primary N) is 1. The van der Waals surface area contributed by atoms with E-state index in [1.54, 1.807) is 0 Å². The molecule has 7 heteroatoms. The van der Waals surface area contributed by atoms with Crippen LogP contribution in [0.2, 0.25) is 0 Å².